The van der Waals surface area contributed by atoms with Crippen LogP contribution in [-0.4, -0.2) is 10.9 Å². The van der Waals surface area contributed by atoms with Gasteiger partial charge in [0.05, 0.1) is 5.57 Å². The van der Waals surface area contributed by atoms with Gasteiger partial charge < -0.3 is 5.11 Å². The van der Waals surface area contributed by atoms with E-state index in [1.54, 1.807) is 12.1 Å². The zero-order valence-corrected chi connectivity index (χ0v) is 14.2. The smallest absolute Gasteiger partial charge is 0.167 e. The fraction of sp³-hybridized carbons (Fsp3) is 0.211. The molecule has 0 saturated carbocycles. The van der Waals surface area contributed by atoms with Crippen molar-refractivity contribution in [2.75, 3.05) is 0 Å². The molecule has 1 N–H and O–H groups in total. The van der Waals surface area contributed by atoms with Gasteiger partial charge in [-0.25, -0.2) is 0 Å². The fourth-order valence-corrected chi connectivity index (χ4v) is 3.47. The minimum atomic E-state index is -0.00319. The van der Waals surface area contributed by atoms with Crippen LogP contribution in [-0.2, 0) is 11.2 Å². The fourth-order valence-electron chi connectivity index (χ4n) is 2.96. The summed E-state index contributed by atoms with van der Waals surface area (Å²) in [5.41, 5.74) is 4.05. The van der Waals surface area contributed by atoms with Crippen LogP contribution in [0.1, 0.15) is 30.9 Å². The van der Waals surface area contributed by atoms with Gasteiger partial charge in [0, 0.05) is 28.5 Å². The molecule has 4 heteroatoms. The van der Waals surface area contributed by atoms with Crippen molar-refractivity contribution in [2.45, 2.75) is 26.2 Å². The van der Waals surface area contributed by atoms with Gasteiger partial charge in [-0.05, 0) is 41.3 Å². The summed E-state index contributed by atoms with van der Waals surface area (Å²) < 4.78 is 0. The second kappa shape index (κ2) is 6.38. The maximum absolute atomic E-state index is 12.2. The lowest BCUT2D eigenvalue weighted by molar-refractivity contribution is -0.113. The number of aryl methyl sites for hydroxylation is 1. The Kier molecular flexibility index (Phi) is 4.47. The summed E-state index contributed by atoms with van der Waals surface area (Å²) in [5.74, 6) is 0.181. The zero-order valence-electron chi connectivity index (χ0n) is 12.7. The lowest BCUT2D eigenvalue weighted by Gasteiger charge is -2.13. The Morgan fingerprint density at radius 2 is 1.83 bits per heavy atom. The van der Waals surface area contributed by atoms with Crippen molar-refractivity contribution < 1.29 is 9.90 Å². The number of aliphatic hydroxyl groups is 1. The third-order valence-electron chi connectivity index (χ3n) is 4.16. The first-order valence-corrected chi connectivity index (χ1v) is 8.31. The number of hydrogen-bond donors (Lipinski definition) is 1. The van der Waals surface area contributed by atoms with Crippen LogP contribution >= 0.6 is 23.2 Å². The Balaban J connectivity index is 2.17. The molecule has 0 atom stereocenters. The van der Waals surface area contributed by atoms with Crippen LogP contribution in [0.25, 0.3) is 16.7 Å². The highest BCUT2D eigenvalue weighted by atomic mass is 35.5. The summed E-state index contributed by atoms with van der Waals surface area (Å²) in [4.78, 5) is 12.2. The third-order valence-corrected chi connectivity index (χ3v) is 4.71. The summed E-state index contributed by atoms with van der Waals surface area (Å²) >= 11 is 12.2. The van der Waals surface area contributed by atoms with Crippen molar-refractivity contribution in [2.24, 2.45) is 0 Å². The van der Waals surface area contributed by atoms with Gasteiger partial charge in [0.2, 0.25) is 0 Å². The van der Waals surface area contributed by atoms with Gasteiger partial charge in [-0.3, -0.25) is 4.79 Å². The number of aliphatic hydroxyl groups excluding tert-OH is 1. The molecule has 0 aromatic heterocycles. The number of benzene rings is 2. The van der Waals surface area contributed by atoms with E-state index in [0.717, 1.165) is 28.7 Å². The molecule has 1 aliphatic carbocycles. The van der Waals surface area contributed by atoms with E-state index in [1.165, 1.54) is 0 Å². The molecule has 0 unspecified atom stereocenters. The first-order chi connectivity index (χ1) is 11.0. The predicted molar refractivity (Wildman–Crippen MR) is 95.1 cm³/mol. The SMILES string of the molecule is CCc1ccc(-c2ccc(Cl)cc2Cl)cc1C1=C(O)CCC1=O. The Bertz CT molecular complexity index is 822. The van der Waals surface area contributed by atoms with Gasteiger partial charge in [-0.2, -0.15) is 0 Å². The number of rotatable bonds is 3. The van der Waals surface area contributed by atoms with Gasteiger partial charge in [-0.1, -0.05) is 48.3 Å². The van der Waals surface area contributed by atoms with Crippen LogP contribution in [0.15, 0.2) is 42.2 Å². The van der Waals surface area contributed by atoms with Gasteiger partial charge in [0.15, 0.2) is 5.78 Å². The van der Waals surface area contributed by atoms with Gasteiger partial charge in [0.25, 0.3) is 0 Å². The molecule has 3 rings (SSSR count). The number of allylic oxidation sites excluding steroid dienone is 2. The van der Waals surface area contributed by atoms with Crippen LogP contribution in [0.4, 0.5) is 0 Å². The van der Waals surface area contributed by atoms with E-state index in [1.807, 2.05) is 31.2 Å². The Morgan fingerprint density at radius 1 is 1.04 bits per heavy atom. The Labute approximate surface area is 145 Å². The molecular formula is C19H16Cl2O2. The van der Waals surface area contributed by atoms with Crippen molar-refractivity contribution in [1.29, 1.82) is 0 Å². The molecule has 2 aromatic rings. The normalized spacial score (nSPS) is 14.7. The number of halogens is 2. The molecule has 1 aliphatic rings. The van der Waals surface area contributed by atoms with Crippen LogP contribution in [0.2, 0.25) is 10.0 Å². The number of ketones is 1. The number of hydrogen-bond acceptors (Lipinski definition) is 2. The predicted octanol–water partition coefficient (Wildman–Crippen LogP) is 5.85. The summed E-state index contributed by atoms with van der Waals surface area (Å²) in [5, 5.41) is 11.2. The van der Waals surface area contributed by atoms with E-state index in [-0.39, 0.29) is 11.5 Å². The summed E-state index contributed by atoms with van der Waals surface area (Å²) in [6.45, 7) is 2.03. The van der Waals surface area contributed by atoms with E-state index >= 15 is 0 Å². The van der Waals surface area contributed by atoms with Crippen molar-refractivity contribution >= 4 is 34.6 Å². The molecule has 2 aromatic carbocycles. The summed E-state index contributed by atoms with van der Waals surface area (Å²) in [6.07, 6.45) is 1.58. The zero-order chi connectivity index (χ0) is 16.6. The molecule has 0 aliphatic heterocycles. The van der Waals surface area contributed by atoms with E-state index in [2.05, 4.69) is 0 Å². The molecule has 0 radical (unpaired) electrons. The number of carbonyl (C=O) groups excluding carboxylic acids is 1. The molecule has 0 spiro atoms. The minimum Gasteiger partial charge on any atom is -0.512 e. The topological polar surface area (TPSA) is 37.3 Å². The summed E-state index contributed by atoms with van der Waals surface area (Å²) in [6, 6.07) is 11.2. The van der Waals surface area contributed by atoms with Crippen molar-refractivity contribution in [3.05, 3.63) is 63.3 Å². The molecule has 0 saturated heterocycles. The maximum Gasteiger partial charge on any atom is 0.167 e. The highest BCUT2D eigenvalue weighted by Crippen LogP contribution is 2.36. The molecule has 0 fully saturated rings. The van der Waals surface area contributed by atoms with E-state index in [4.69, 9.17) is 23.2 Å². The quantitative estimate of drug-likeness (QED) is 0.756. The molecular weight excluding hydrogens is 331 g/mol. The molecule has 23 heavy (non-hydrogen) atoms. The third kappa shape index (κ3) is 3.01. The summed E-state index contributed by atoms with van der Waals surface area (Å²) in [7, 11) is 0. The van der Waals surface area contributed by atoms with Crippen LogP contribution in [0.5, 0.6) is 0 Å². The first-order valence-electron chi connectivity index (χ1n) is 7.55. The van der Waals surface area contributed by atoms with Gasteiger partial charge in [0.1, 0.15) is 5.76 Å². The van der Waals surface area contributed by atoms with Gasteiger partial charge in [-0.15, -0.1) is 0 Å². The second-order valence-corrected chi connectivity index (χ2v) is 6.44. The standard InChI is InChI=1S/C19H16Cl2O2/c1-2-11-3-4-12(14-6-5-13(20)10-16(14)21)9-15(11)19-17(22)7-8-18(19)23/h3-6,9-10,22H,2,7-8H2,1H3. The van der Waals surface area contributed by atoms with Crippen LogP contribution in [0.3, 0.4) is 0 Å². The lowest BCUT2D eigenvalue weighted by atomic mass is 9.92. The van der Waals surface area contributed by atoms with E-state index in [0.29, 0.717) is 28.5 Å². The van der Waals surface area contributed by atoms with Crippen molar-refractivity contribution in [3.63, 3.8) is 0 Å². The molecule has 118 valence electrons. The molecule has 0 bridgehead atoms. The van der Waals surface area contributed by atoms with Gasteiger partial charge >= 0.3 is 0 Å². The average Bonchev–Trinajstić information content (AvgIpc) is 2.85. The van der Waals surface area contributed by atoms with Crippen LogP contribution < -0.4 is 0 Å². The minimum absolute atomic E-state index is 0.00319. The van der Waals surface area contributed by atoms with Crippen molar-refractivity contribution in [3.8, 4) is 11.1 Å². The second-order valence-electron chi connectivity index (χ2n) is 5.59. The highest BCUT2D eigenvalue weighted by molar-refractivity contribution is 6.36. The highest BCUT2D eigenvalue weighted by Gasteiger charge is 2.26. The molecule has 2 nitrogen and oxygen atoms in total. The monoisotopic (exact) mass is 346 g/mol. The molecule has 0 amide bonds. The number of carbonyl (C=O) groups is 1. The largest absolute Gasteiger partial charge is 0.512 e. The lowest BCUT2D eigenvalue weighted by Crippen LogP contribution is -2.01. The van der Waals surface area contributed by atoms with Crippen LogP contribution in [0, 0.1) is 0 Å². The first kappa shape index (κ1) is 16.1. The van der Waals surface area contributed by atoms with Crippen molar-refractivity contribution in [1.82, 2.24) is 0 Å². The maximum atomic E-state index is 12.2. The Hall–Kier alpha value is -1.77. The van der Waals surface area contributed by atoms with E-state index in [9.17, 15) is 9.90 Å². The van der Waals surface area contributed by atoms with E-state index < -0.39 is 0 Å². The molecule has 0 heterocycles. The average molecular weight is 347 g/mol. The number of Topliss-reactive ketones (excluding diaryl/α,β-unsaturated/α-hetero) is 1. The Morgan fingerprint density at radius 3 is 2.43 bits per heavy atom.